The van der Waals surface area contributed by atoms with Crippen LogP contribution in [-0.4, -0.2) is 6.71 Å². The summed E-state index contributed by atoms with van der Waals surface area (Å²) in [5.41, 5.74) is 11.3. The molecular formula is C51H25BS4. The van der Waals surface area contributed by atoms with E-state index in [0.717, 1.165) is 0 Å². The lowest BCUT2D eigenvalue weighted by Gasteiger charge is -2.35. The summed E-state index contributed by atoms with van der Waals surface area (Å²) in [6.45, 7) is 2.42. The molecule has 0 unspecified atom stereocenters. The van der Waals surface area contributed by atoms with Gasteiger partial charge >= 0.3 is 0 Å². The molecule has 0 saturated carbocycles. The van der Waals surface area contributed by atoms with Gasteiger partial charge in [0.15, 0.2) is 0 Å². The van der Waals surface area contributed by atoms with Crippen molar-refractivity contribution in [1.29, 1.82) is 0 Å². The van der Waals surface area contributed by atoms with Crippen LogP contribution in [0.3, 0.4) is 0 Å². The molecule has 0 radical (unpaired) electrons. The second-order valence-electron chi connectivity index (χ2n) is 15.9. The molecule has 0 bridgehead atoms. The summed E-state index contributed by atoms with van der Waals surface area (Å²) >= 11 is 7.84. The Hall–Kier alpha value is -5.56. The van der Waals surface area contributed by atoms with Gasteiger partial charge in [-0.15, -0.1) is 45.3 Å². The van der Waals surface area contributed by atoms with Crippen LogP contribution in [0.2, 0.25) is 0 Å². The van der Waals surface area contributed by atoms with Crippen molar-refractivity contribution in [3.8, 4) is 22.3 Å². The van der Waals surface area contributed by atoms with E-state index in [0.29, 0.717) is 0 Å². The Kier molecular flexibility index (Phi) is 5.33. The molecule has 0 nitrogen and oxygen atoms in total. The van der Waals surface area contributed by atoms with Crippen molar-refractivity contribution in [3.05, 3.63) is 139 Å². The summed E-state index contributed by atoms with van der Waals surface area (Å²) in [6.07, 6.45) is 0. The summed E-state index contributed by atoms with van der Waals surface area (Å²) in [5, 5.41) is 17.0. The molecule has 2 aliphatic rings. The maximum Gasteiger partial charge on any atom is 0.244 e. The number of hydrogen-bond acceptors (Lipinski definition) is 4. The van der Waals surface area contributed by atoms with E-state index in [-0.39, 0.29) is 6.71 Å². The fraction of sp³-hybridized carbons (Fsp3) is 0.0196. The topological polar surface area (TPSA) is 0 Å². The molecule has 6 heterocycles. The third-order valence-corrected chi connectivity index (χ3v) is 17.5. The predicted molar refractivity (Wildman–Crippen MR) is 253 cm³/mol. The maximum absolute atomic E-state index is 2.62. The molecule has 0 fully saturated rings. The van der Waals surface area contributed by atoms with Crippen LogP contribution in [0.4, 0.5) is 0 Å². The molecular weight excluding hydrogens is 752 g/mol. The molecule has 56 heavy (non-hydrogen) atoms. The van der Waals surface area contributed by atoms with Crippen LogP contribution in [0.25, 0.3) is 124 Å². The van der Waals surface area contributed by atoms with Crippen molar-refractivity contribution in [2.45, 2.75) is 6.92 Å². The third kappa shape index (κ3) is 3.42. The average Bonchev–Trinajstić information content (AvgIpc) is 3.99. The van der Waals surface area contributed by atoms with Gasteiger partial charge in [-0.05, 0) is 94.0 Å². The van der Waals surface area contributed by atoms with Gasteiger partial charge < -0.3 is 0 Å². The van der Waals surface area contributed by atoms with E-state index in [1.807, 2.05) is 45.3 Å². The molecule has 9 aromatic carbocycles. The number of thiophene rings is 4. The number of rotatable bonds is 0. The molecule has 4 aromatic heterocycles. The van der Waals surface area contributed by atoms with Crippen molar-refractivity contribution in [2.75, 3.05) is 0 Å². The highest BCUT2D eigenvalue weighted by atomic mass is 32.1. The van der Waals surface area contributed by atoms with Gasteiger partial charge in [0.1, 0.15) is 0 Å². The Morgan fingerprint density at radius 2 is 0.661 bits per heavy atom. The molecule has 13 aromatic rings. The molecule has 0 amide bonds. The SMILES string of the molecule is Cc1cc2c3c(c1)-c1cc4sc5ccccc5c4c4c1c(cc1sc5ccccc5c14)B3c1cc3sc4ccccc4c3c3c1c-2cc1sc2ccccc2c13. The predicted octanol–water partition coefficient (Wildman–Crippen LogP) is 14.3. The average molecular weight is 777 g/mol. The molecule has 5 heteroatoms. The van der Waals surface area contributed by atoms with Crippen LogP contribution in [0, 0.1) is 6.92 Å². The highest BCUT2D eigenvalue weighted by Gasteiger charge is 2.41. The second-order valence-corrected chi connectivity index (χ2v) is 20.2. The fourth-order valence-electron chi connectivity index (χ4n) is 11.1. The normalized spacial score (nSPS) is 13.4. The number of fused-ring (bicyclic) bond motifs is 20. The maximum atomic E-state index is 2.62. The Balaban J connectivity index is 1.23. The molecule has 15 rings (SSSR count). The summed E-state index contributed by atoms with van der Waals surface area (Å²) in [5.74, 6) is 0. The minimum absolute atomic E-state index is 0.111. The van der Waals surface area contributed by atoms with Crippen molar-refractivity contribution in [3.63, 3.8) is 0 Å². The highest BCUT2D eigenvalue weighted by molar-refractivity contribution is 7.28. The van der Waals surface area contributed by atoms with Gasteiger partial charge in [0.05, 0.1) is 0 Å². The monoisotopic (exact) mass is 776 g/mol. The molecule has 0 N–H and O–H groups in total. The molecule has 0 spiro atoms. The van der Waals surface area contributed by atoms with Gasteiger partial charge in [0.25, 0.3) is 0 Å². The van der Waals surface area contributed by atoms with Gasteiger partial charge in [-0.1, -0.05) is 101 Å². The zero-order valence-electron chi connectivity index (χ0n) is 29.9. The van der Waals surface area contributed by atoms with Crippen molar-refractivity contribution in [2.24, 2.45) is 0 Å². The molecule has 0 saturated heterocycles. The first-order valence-electron chi connectivity index (χ1n) is 19.3. The van der Waals surface area contributed by atoms with Gasteiger partial charge in [-0.25, -0.2) is 0 Å². The summed E-state index contributed by atoms with van der Waals surface area (Å²) in [6, 6.07) is 51.8. The van der Waals surface area contributed by atoms with Crippen molar-refractivity contribution < 1.29 is 0 Å². The Bertz CT molecular complexity index is 3720. The number of aryl methyl sites for hydroxylation is 1. The lowest BCUT2D eigenvalue weighted by Crippen LogP contribution is -2.57. The summed E-state index contributed by atoms with van der Waals surface area (Å²) in [4.78, 5) is 0. The van der Waals surface area contributed by atoms with Gasteiger partial charge in [0.2, 0.25) is 6.71 Å². The van der Waals surface area contributed by atoms with Crippen LogP contribution < -0.4 is 16.4 Å². The van der Waals surface area contributed by atoms with Gasteiger partial charge in [0, 0.05) is 91.5 Å². The van der Waals surface area contributed by atoms with Gasteiger partial charge in [-0.3, -0.25) is 0 Å². The number of hydrogen-bond donors (Lipinski definition) is 0. The summed E-state index contributed by atoms with van der Waals surface area (Å²) < 4.78 is 11.0. The second kappa shape index (κ2) is 10.1. The van der Waals surface area contributed by atoms with E-state index in [2.05, 4.69) is 140 Å². The number of benzene rings is 9. The minimum Gasteiger partial charge on any atom is -0.135 e. The van der Waals surface area contributed by atoms with Crippen LogP contribution in [0.1, 0.15) is 5.56 Å². The van der Waals surface area contributed by atoms with E-state index in [4.69, 9.17) is 0 Å². The molecule has 0 atom stereocenters. The standard InChI is InChI=1S/C51H25BS4/c1-24-18-31-29-20-39-45(25-10-2-6-14-35(25)53-39)49-43(29)33(22-41-47(49)27-12-4-8-16-37(27)55-41)52-34-23-42-48(28-13-5-9-17-38(28)56-42)50-44(34)30(32(19-24)51(31)52)21-40-46(50)26-11-3-7-15-36(26)54-40/h2-23H,1H3. The van der Waals surface area contributed by atoms with E-state index < -0.39 is 0 Å². The first-order valence-corrected chi connectivity index (χ1v) is 22.5. The third-order valence-electron chi connectivity index (χ3n) is 13.0. The van der Waals surface area contributed by atoms with Crippen LogP contribution in [0.5, 0.6) is 0 Å². The van der Waals surface area contributed by atoms with Crippen LogP contribution >= 0.6 is 45.3 Å². The lowest BCUT2D eigenvalue weighted by molar-refractivity contribution is 1.48. The van der Waals surface area contributed by atoms with Crippen LogP contribution in [-0.2, 0) is 0 Å². The van der Waals surface area contributed by atoms with Crippen molar-refractivity contribution in [1.82, 2.24) is 0 Å². The quantitative estimate of drug-likeness (QED) is 0.135. The van der Waals surface area contributed by atoms with Crippen LogP contribution in [0.15, 0.2) is 133 Å². The van der Waals surface area contributed by atoms with E-state index in [1.54, 1.807) is 0 Å². The summed E-state index contributed by atoms with van der Waals surface area (Å²) in [7, 11) is 0. The highest BCUT2D eigenvalue weighted by Crippen LogP contribution is 2.53. The smallest absolute Gasteiger partial charge is 0.135 e. The first kappa shape index (κ1) is 29.7. The van der Waals surface area contributed by atoms with Gasteiger partial charge in [-0.2, -0.15) is 0 Å². The van der Waals surface area contributed by atoms with E-state index >= 15 is 0 Å². The Labute approximate surface area is 336 Å². The lowest BCUT2D eigenvalue weighted by atomic mass is 9.31. The fourth-order valence-corrected chi connectivity index (χ4v) is 15.7. The molecule has 256 valence electrons. The Morgan fingerprint density at radius 3 is 1.04 bits per heavy atom. The zero-order valence-corrected chi connectivity index (χ0v) is 33.2. The Morgan fingerprint density at radius 1 is 0.321 bits per heavy atom. The molecule has 0 aliphatic carbocycles. The first-order chi connectivity index (χ1) is 27.7. The van der Waals surface area contributed by atoms with E-state index in [9.17, 15) is 0 Å². The minimum atomic E-state index is 0.111. The molecule has 2 aliphatic heterocycles. The van der Waals surface area contributed by atoms with Crippen molar-refractivity contribution >= 4 is 171 Å². The largest absolute Gasteiger partial charge is 0.244 e. The van der Waals surface area contributed by atoms with E-state index in [1.165, 1.54) is 146 Å². The zero-order chi connectivity index (χ0) is 36.1.